The molecule has 0 unspecified atom stereocenters. The average Bonchev–Trinajstić information content (AvgIpc) is 2.55. The number of aromatic nitrogens is 2. The van der Waals surface area contributed by atoms with Gasteiger partial charge in [0.05, 0.1) is 6.07 Å². The van der Waals surface area contributed by atoms with Gasteiger partial charge >= 0.3 is 0 Å². The molecule has 0 aliphatic heterocycles. The summed E-state index contributed by atoms with van der Waals surface area (Å²) in [5.74, 6) is 0. The first-order chi connectivity index (χ1) is 6.05. The molecule has 5 heteroatoms. The van der Waals surface area contributed by atoms with Crippen molar-refractivity contribution in [2.45, 2.75) is 18.6 Å². The Kier molecular flexibility index (Phi) is 3.07. The van der Waals surface area contributed by atoms with Gasteiger partial charge < -0.3 is 0 Å². The maximum atomic E-state index is 8.79. The number of hydrogen-bond donors (Lipinski definition) is 0. The number of rotatable bonds is 1. The second-order valence-electron chi connectivity index (χ2n) is 2.96. The Hall–Kier alpha value is -0.860. The van der Waals surface area contributed by atoms with Gasteiger partial charge in [-0.15, -0.1) is 0 Å². The highest BCUT2D eigenvalue weighted by molar-refractivity contribution is 8.24. The third-order valence-corrected chi connectivity index (χ3v) is 2.77. The van der Waals surface area contributed by atoms with Crippen molar-refractivity contribution >= 4 is 28.3 Å². The standard InChI is InChI=1S/C8H9N3S2/c1-8(2,5-9)13-7(12)11-4-3-10-6-11/h3-4,6H,1-2H3. The highest BCUT2D eigenvalue weighted by Gasteiger charge is 2.20. The van der Waals surface area contributed by atoms with Crippen molar-refractivity contribution in [1.29, 1.82) is 5.26 Å². The summed E-state index contributed by atoms with van der Waals surface area (Å²) in [5.41, 5.74) is 0. The van der Waals surface area contributed by atoms with Crippen molar-refractivity contribution in [3.63, 3.8) is 0 Å². The van der Waals surface area contributed by atoms with E-state index in [2.05, 4.69) is 11.1 Å². The van der Waals surface area contributed by atoms with E-state index in [1.165, 1.54) is 11.8 Å². The summed E-state index contributed by atoms with van der Waals surface area (Å²) >= 11 is 6.48. The Morgan fingerprint density at radius 1 is 1.69 bits per heavy atom. The molecular weight excluding hydrogens is 202 g/mol. The Bertz CT molecular complexity index is 335. The van der Waals surface area contributed by atoms with Gasteiger partial charge in [0.1, 0.15) is 15.4 Å². The summed E-state index contributed by atoms with van der Waals surface area (Å²) in [6.07, 6.45) is 5.05. The predicted molar refractivity (Wildman–Crippen MR) is 57.5 cm³/mol. The zero-order valence-corrected chi connectivity index (χ0v) is 9.02. The highest BCUT2D eigenvalue weighted by atomic mass is 32.2. The van der Waals surface area contributed by atoms with Gasteiger partial charge in [-0.3, -0.25) is 4.57 Å². The summed E-state index contributed by atoms with van der Waals surface area (Å²) in [6.45, 7) is 3.67. The Morgan fingerprint density at radius 2 is 2.38 bits per heavy atom. The van der Waals surface area contributed by atoms with Crippen molar-refractivity contribution < 1.29 is 0 Å². The number of nitriles is 1. The van der Waals surface area contributed by atoms with Crippen LogP contribution >= 0.6 is 24.0 Å². The number of imidazole rings is 1. The van der Waals surface area contributed by atoms with Crippen LogP contribution in [-0.2, 0) is 0 Å². The molecule has 0 saturated heterocycles. The monoisotopic (exact) mass is 211 g/mol. The molecule has 0 amide bonds. The number of hydrogen-bond acceptors (Lipinski definition) is 4. The van der Waals surface area contributed by atoms with Gasteiger partial charge in [-0.05, 0) is 13.8 Å². The van der Waals surface area contributed by atoms with Crippen LogP contribution in [0.3, 0.4) is 0 Å². The number of nitrogens with zero attached hydrogens (tertiary/aromatic N) is 3. The lowest BCUT2D eigenvalue weighted by atomic mass is 10.2. The fourth-order valence-corrected chi connectivity index (χ4v) is 2.09. The predicted octanol–water partition coefficient (Wildman–Crippen LogP) is 2.05. The molecule has 0 spiro atoms. The van der Waals surface area contributed by atoms with E-state index >= 15 is 0 Å². The van der Waals surface area contributed by atoms with Crippen LogP contribution in [0.1, 0.15) is 13.8 Å². The van der Waals surface area contributed by atoms with Gasteiger partial charge in [-0.1, -0.05) is 24.0 Å². The molecule has 0 radical (unpaired) electrons. The second-order valence-corrected chi connectivity index (χ2v) is 5.22. The van der Waals surface area contributed by atoms with Crippen LogP contribution in [0.2, 0.25) is 0 Å². The normalized spacial score (nSPS) is 10.8. The van der Waals surface area contributed by atoms with E-state index < -0.39 is 4.75 Å². The lowest BCUT2D eigenvalue weighted by Gasteiger charge is -2.14. The molecule has 0 fully saturated rings. The van der Waals surface area contributed by atoms with Crippen LogP contribution in [0, 0.1) is 11.3 Å². The molecule has 0 saturated carbocycles. The van der Waals surface area contributed by atoms with Crippen LogP contribution in [0.15, 0.2) is 18.7 Å². The first-order valence-corrected chi connectivity index (χ1v) is 4.90. The molecule has 0 aromatic carbocycles. The molecule has 0 bridgehead atoms. The summed E-state index contributed by atoms with van der Waals surface area (Å²) in [6, 6.07) is 2.18. The maximum absolute atomic E-state index is 8.79. The second kappa shape index (κ2) is 3.90. The summed E-state index contributed by atoms with van der Waals surface area (Å²) in [4.78, 5) is 3.88. The first-order valence-electron chi connectivity index (χ1n) is 3.68. The molecule has 3 nitrogen and oxygen atoms in total. The third-order valence-electron chi connectivity index (χ3n) is 1.33. The lowest BCUT2D eigenvalue weighted by Crippen LogP contribution is -2.16. The van der Waals surface area contributed by atoms with Gasteiger partial charge in [0, 0.05) is 12.4 Å². The van der Waals surface area contributed by atoms with E-state index in [9.17, 15) is 0 Å². The third kappa shape index (κ3) is 2.83. The van der Waals surface area contributed by atoms with Crippen LogP contribution in [0.25, 0.3) is 0 Å². The van der Waals surface area contributed by atoms with Crippen LogP contribution in [0.4, 0.5) is 0 Å². The number of thioether (sulfide) groups is 1. The minimum Gasteiger partial charge on any atom is -0.291 e. The summed E-state index contributed by atoms with van der Waals surface area (Å²) < 4.78 is 1.88. The van der Waals surface area contributed by atoms with Gasteiger partial charge in [0.2, 0.25) is 0 Å². The highest BCUT2D eigenvalue weighted by Crippen LogP contribution is 2.25. The zero-order valence-electron chi connectivity index (χ0n) is 7.39. The Labute approximate surface area is 86.8 Å². The van der Waals surface area contributed by atoms with Gasteiger partial charge in [-0.2, -0.15) is 5.26 Å². The number of thiocarbonyl (C=S) groups is 1. The fraction of sp³-hybridized carbons (Fsp3) is 0.375. The van der Waals surface area contributed by atoms with Crippen molar-refractivity contribution in [3.05, 3.63) is 18.7 Å². The SMILES string of the molecule is CC(C)(C#N)SC(=S)n1ccnc1. The van der Waals surface area contributed by atoms with E-state index in [1.807, 2.05) is 13.8 Å². The molecule has 1 aromatic heterocycles. The molecule has 1 rings (SSSR count). The summed E-state index contributed by atoms with van der Waals surface area (Å²) in [7, 11) is 0. The van der Waals surface area contributed by atoms with E-state index in [-0.39, 0.29) is 0 Å². The molecule has 0 aliphatic rings. The lowest BCUT2D eigenvalue weighted by molar-refractivity contribution is 0.919. The molecule has 0 atom stereocenters. The Balaban J connectivity index is 2.68. The smallest absolute Gasteiger partial charge is 0.147 e. The average molecular weight is 211 g/mol. The van der Waals surface area contributed by atoms with Crippen molar-refractivity contribution in [3.8, 4) is 6.07 Å². The van der Waals surface area contributed by atoms with Gasteiger partial charge in [0.25, 0.3) is 0 Å². The van der Waals surface area contributed by atoms with E-state index in [0.717, 1.165) is 0 Å². The maximum Gasteiger partial charge on any atom is 0.147 e. The first kappa shape index (κ1) is 10.2. The molecule has 1 heterocycles. The topological polar surface area (TPSA) is 41.6 Å². The van der Waals surface area contributed by atoms with E-state index in [4.69, 9.17) is 17.5 Å². The van der Waals surface area contributed by atoms with Crippen LogP contribution in [-0.4, -0.2) is 18.6 Å². The molecule has 68 valence electrons. The summed E-state index contributed by atoms with van der Waals surface area (Å²) in [5, 5.41) is 8.79. The Morgan fingerprint density at radius 3 is 2.85 bits per heavy atom. The molecule has 1 aromatic rings. The zero-order chi connectivity index (χ0) is 9.90. The van der Waals surface area contributed by atoms with Crippen LogP contribution in [0.5, 0.6) is 0 Å². The quantitative estimate of drug-likeness (QED) is 0.667. The van der Waals surface area contributed by atoms with Gasteiger partial charge in [-0.25, -0.2) is 4.98 Å². The molecule has 0 N–H and O–H groups in total. The van der Waals surface area contributed by atoms with Crippen molar-refractivity contribution in [2.24, 2.45) is 0 Å². The van der Waals surface area contributed by atoms with Crippen molar-refractivity contribution in [1.82, 2.24) is 9.55 Å². The van der Waals surface area contributed by atoms with Crippen molar-refractivity contribution in [2.75, 3.05) is 0 Å². The molecule has 13 heavy (non-hydrogen) atoms. The fourth-order valence-electron chi connectivity index (χ4n) is 0.661. The largest absolute Gasteiger partial charge is 0.291 e. The van der Waals surface area contributed by atoms with E-state index in [0.29, 0.717) is 4.32 Å². The van der Waals surface area contributed by atoms with E-state index in [1.54, 1.807) is 23.3 Å². The van der Waals surface area contributed by atoms with Crippen LogP contribution < -0.4 is 0 Å². The molecular formula is C8H9N3S2. The molecule has 0 aliphatic carbocycles. The minimum atomic E-state index is -0.485. The van der Waals surface area contributed by atoms with Gasteiger partial charge in [0.15, 0.2) is 0 Å². The minimum absolute atomic E-state index is 0.485.